The van der Waals surface area contributed by atoms with Crippen molar-refractivity contribution >= 4 is 17.7 Å². The van der Waals surface area contributed by atoms with Crippen LogP contribution in [0, 0.1) is 11.6 Å². The number of aromatic amines is 1. The van der Waals surface area contributed by atoms with Crippen molar-refractivity contribution in [2.75, 3.05) is 19.6 Å². The number of hydrogen-bond donors (Lipinski definition) is 3. The fraction of sp³-hybridized carbons (Fsp3) is 0.262. The fourth-order valence-electron chi connectivity index (χ4n) is 6.64. The average molecular weight is 689 g/mol. The Balaban J connectivity index is 0.974. The number of likely N-dealkylation sites (tertiary alicyclic amines) is 1. The number of benzene rings is 4. The topological polar surface area (TPSA) is 94.3 Å². The Bertz CT molecular complexity index is 1990. The van der Waals surface area contributed by atoms with Crippen LogP contribution in [0.2, 0.25) is 0 Å². The van der Waals surface area contributed by atoms with E-state index in [0.29, 0.717) is 42.9 Å². The van der Waals surface area contributed by atoms with Crippen molar-refractivity contribution in [2.24, 2.45) is 0 Å². The Hall–Kier alpha value is -5.57. The Labute approximate surface area is 297 Å². The summed E-state index contributed by atoms with van der Waals surface area (Å²) < 4.78 is 29.1. The normalized spacial score (nSPS) is 14.0. The molecule has 1 aliphatic rings. The van der Waals surface area contributed by atoms with Gasteiger partial charge in [0.15, 0.2) is 0 Å². The predicted molar refractivity (Wildman–Crippen MR) is 196 cm³/mol. The highest BCUT2D eigenvalue weighted by Crippen LogP contribution is 2.30. The maximum atomic E-state index is 15.0. The van der Waals surface area contributed by atoms with Crippen LogP contribution < -0.4 is 10.6 Å². The molecule has 51 heavy (non-hydrogen) atoms. The molecule has 0 radical (unpaired) electrons. The maximum Gasteiger partial charge on any atom is 0.267 e. The number of halogens is 2. The molecule has 0 bridgehead atoms. The van der Waals surface area contributed by atoms with E-state index in [1.54, 1.807) is 41.4 Å². The highest BCUT2D eigenvalue weighted by Gasteiger charge is 2.31. The number of amides is 3. The second kappa shape index (κ2) is 16.4. The molecule has 6 rings (SSSR count). The lowest BCUT2D eigenvalue weighted by atomic mass is 9.98. The van der Waals surface area contributed by atoms with E-state index in [1.807, 2.05) is 54.6 Å². The Morgan fingerprint density at radius 2 is 1.33 bits per heavy atom. The molecule has 0 aliphatic carbocycles. The van der Waals surface area contributed by atoms with Crippen molar-refractivity contribution in [1.29, 1.82) is 0 Å². The molecule has 1 saturated heterocycles. The van der Waals surface area contributed by atoms with E-state index in [2.05, 4.69) is 15.6 Å². The molecule has 0 unspecified atom stereocenters. The maximum absolute atomic E-state index is 15.0. The van der Waals surface area contributed by atoms with Crippen LogP contribution in [0.5, 0.6) is 0 Å². The quantitative estimate of drug-likeness (QED) is 0.111. The van der Waals surface area contributed by atoms with Gasteiger partial charge in [-0.2, -0.15) is 0 Å². The predicted octanol–water partition coefficient (Wildman–Crippen LogP) is 7.72. The molecular formula is C42H42F2N4O3. The molecule has 9 heteroatoms. The molecule has 4 aromatic carbocycles. The van der Waals surface area contributed by atoms with Gasteiger partial charge < -0.3 is 20.5 Å². The summed E-state index contributed by atoms with van der Waals surface area (Å²) in [7, 11) is 0. The number of carbonyl (C=O) groups is 3. The highest BCUT2D eigenvalue weighted by atomic mass is 19.1. The first-order valence-electron chi connectivity index (χ1n) is 17.5. The van der Waals surface area contributed by atoms with Gasteiger partial charge in [-0.25, -0.2) is 8.78 Å². The summed E-state index contributed by atoms with van der Waals surface area (Å²) in [5.41, 5.74) is 6.78. The minimum atomic E-state index is -0.371. The number of H-pyrrole nitrogens is 1. The number of aryl methyl sites for hydroxylation is 2. The summed E-state index contributed by atoms with van der Waals surface area (Å²) in [6, 6.07) is 28.6. The number of nitrogens with one attached hydrogen (secondary N) is 3. The van der Waals surface area contributed by atoms with Crippen molar-refractivity contribution in [2.45, 2.75) is 51.5 Å². The number of hydrogen-bond acceptors (Lipinski definition) is 3. The highest BCUT2D eigenvalue weighted by molar-refractivity contribution is 5.94. The van der Waals surface area contributed by atoms with Crippen LogP contribution in [0.3, 0.4) is 0 Å². The van der Waals surface area contributed by atoms with Gasteiger partial charge in [0.2, 0.25) is 11.8 Å². The smallest absolute Gasteiger partial charge is 0.267 e. The van der Waals surface area contributed by atoms with Crippen molar-refractivity contribution in [3.05, 3.63) is 132 Å². The zero-order chi connectivity index (χ0) is 35.7. The van der Waals surface area contributed by atoms with E-state index < -0.39 is 0 Å². The summed E-state index contributed by atoms with van der Waals surface area (Å²) in [5.74, 6) is -0.965. The second-order valence-electron chi connectivity index (χ2n) is 13.0. The molecule has 1 atom stereocenters. The number of nitrogens with zero attached hydrogens (tertiary/aromatic N) is 1. The molecule has 262 valence electrons. The van der Waals surface area contributed by atoms with Gasteiger partial charge in [0.25, 0.3) is 5.91 Å². The molecule has 1 fully saturated rings. The summed E-state index contributed by atoms with van der Waals surface area (Å²) >= 11 is 0. The monoisotopic (exact) mass is 688 g/mol. The van der Waals surface area contributed by atoms with Gasteiger partial charge in [0, 0.05) is 43.9 Å². The molecule has 3 N–H and O–H groups in total. The van der Waals surface area contributed by atoms with Gasteiger partial charge in [-0.1, -0.05) is 72.8 Å². The Morgan fingerprint density at radius 3 is 2.00 bits per heavy atom. The van der Waals surface area contributed by atoms with Gasteiger partial charge in [0.05, 0.1) is 0 Å². The lowest BCUT2D eigenvalue weighted by Crippen LogP contribution is -2.45. The molecule has 1 aliphatic heterocycles. The Kier molecular flexibility index (Phi) is 11.4. The molecule has 2 heterocycles. The molecule has 3 amide bonds. The fourth-order valence-corrected chi connectivity index (χ4v) is 6.64. The van der Waals surface area contributed by atoms with Gasteiger partial charge in [-0.3, -0.25) is 14.4 Å². The van der Waals surface area contributed by atoms with E-state index in [-0.39, 0.29) is 35.4 Å². The lowest BCUT2D eigenvalue weighted by molar-refractivity contribution is -0.136. The standard InChI is InChI=1S/C42H42F2N4O3/c1-28(49)48-24-6-11-40(48)42(51)46-23-5-8-30-14-18-32(19-15-30)36-25-33(20-21-38(36)44)34-26-39(47-27-34)41(50)45-22-4-7-29-12-16-31(17-13-29)35-9-2-3-10-37(35)43/h2-3,9-10,12-21,25-27,40,47H,4-8,11,22-24H2,1H3,(H,45,50)(H,46,51)/t40-/m0/s1. The molecule has 0 spiro atoms. The third-order valence-electron chi connectivity index (χ3n) is 9.46. The SMILES string of the molecule is CC(=O)N1CCC[C@H]1C(=O)NCCCc1ccc(-c2cc(-c3c[nH]c(C(=O)NCCCc4ccc(-c5ccccc5F)cc4)c3)ccc2F)cc1. The molecule has 1 aromatic heterocycles. The second-order valence-corrected chi connectivity index (χ2v) is 13.0. The Morgan fingerprint density at radius 1 is 0.725 bits per heavy atom. The first-order valence-corrected chi connectivity index (χ1v) is 17.5. The molecule has 5 aromatic rings. The number of carbonyl (C=O) groups excluding carboxylic acids is 3. The molecule has 7 nitrogen and oxygen atoms in total. The summed E-state index contributed by atoms with van der Waals surface area (Å²) in [4.78, 5) is 41.8. The summed E-state index contributed by atoms with van der Waals surface area (Å²) in [6.45, 7) is 3.14. The first-order chi connectivity index (χ1) is 24.8. The van der Waals surface area contributed by atoms with Crippen molar-refractivity contribution in [1.82, 2.24) is 20.5 Å². The zero-order valence-corrected chi connectivity index (χ0v) is 28.7. The van der Waals surface area contributed by atoms with Crippen LogP contribution in [0.4, 0.5) is 8.78 Å². The third kappa shape index (κ3) is 8.78. The lowest BCUT2D eigenvalue weighted by Gasteiger charge is -2.22. The van der Waals surface area contributed by atoms with Crippen LogP contribution in [-0.2, 0) is 22.4 Å². The number of aromatic nitrogens is 1. The van der Waals surface area contributed by atoms with Crippen LogP contribution in [0.1, 0.15) is 54.2 Å². The van der Waals surface area contributed by atoms with Crippen molar-refractivity contribution in [3.63, 3.8) is 0 Å². The summed E-state index contributed by atoms with van der Waals surface area (Å²) in [5, 5.41) is 5.92. The van der Waals surface area contributed by atoms with Gasteiger partial charge in [0.1, 0.15) is 23.4 Å². The molecular weight excluding hydrogens is 646 g/mol. The average Bonchev–Trinajstić information content (AvgIpc) is 3.85. The molecule has 0 saturated carbocycles. The van der Waals surface area contributed by atoms with Crippen LogP contribution in [0.25, 0.3) is 33.4 Å². The van der Waals surface area contributed by atoms with E-state index in [4.69, 9.17) is 0 Å². The number of rotatable bonds is 13. The zero-order valence-electron chi connectivity index (χ0n) is 28.7. The van der Waals surface area contributed by atoms with Crippen molar-refractivity contribution in [3.8, 4) is 33.4 Å². The van der Waals surface area contributed by atoms with E-state index in [9.17, 15) is 23.2 Å². The van der Waals surface area contributed by atoms with Gasteiger partial charge in [-0.15, -0.1) is 0 Å². The van der Waals surface area contributed by atoms with Gasteiger partial charge in [-0.05, 0) is 96.2 Å². The third-order valence-corrected chi connectivity index (χ3v) is 9.46. The van der Waals surface area contributed by atoms with E-state index in [1.165, 1.54) is 19.1 Å². The van der Waals surface area contributed by atoms with Crippen LogP contribution in [0.15, 0.2) is 103 Å². The minimum Gasteiger partial charge on any atom is -0.357 e. The van der Waals surface area contributed by atoms with Crippen LogP contribution in [-0.4, -0.2) is 53.3 Å². The van der Waals surface area contributed by atoms with E-state index >= 15 is 0 Å². The van der Waals surface area contributed by atoms with Crippen molar-refractivity contribution < 1.29 is 23.2 Å². The van der Waals surface area contributed by atoms with Crippen LogP contribution >= 0.6 is 0 Å². The largest absolute Gasteiger partial charge is 0.357 e. The first kappa shape index (κ1) is 35.3. The minimum absolute atomic E-state index is 0.0676. The van der Waals surface area contributed by atoms with Gasteiger partial charge >= 0.3 is 0 Å². The van der Waals surface area contributed by atoms with E-state index in [0.717, 1.165) is 65.5 Å². The summed E-state index contributed by atoms with van der Waals surface area (Å²) in [6.07, 6.45) is 6.31.